The van der Waals surface area contributed by atoms with Crippen LogP contribution in [0.1, 0.15) is 52.4 Å². The first-order valence-electron chi connectivity index (χ1n) is 6.12. The molecular weight excluding hydrogens is 228 g/mol. The highest BCUT2D eigenvalue weighted by molar-refractivity contribution is 6.22. The van der Waals surface area contributed by atoms with Crippen LogP contribution in [0.3, 0.4) is 0 Å². The lowest BCUT2D eigenvalue weighted by Crippen LogP contribution is -2.32. The number of carbonyl (C=O) groups is 1. The molecule has 0 rings (SSSR count). The Kier molecular flexibility index (Phi) is 9.74. The maximum absolute atomic E-state index is 11.2. The predicted molar refractivity (Wildman–Crippen MR) is 65.7 cm³/mol. The van der Waals surface area contributed by atoms with E-state index >= 15 is 0 Å². The van der Waals surface area contributed by atoms with Crippen molar-refractivity contribution in [1.82, 2.24) is 0 Å². The van der Waals surface area contributed by atoms with E-state index in [2.05, 4.69) is 6.92 Å². The van der Waals surface area contributed by atoms with Crippen LogP contribution in [0.5, 0.6) is 0 Å². The number of aliphatic hydroxyl groups is 1. The van der Waals surface area contributed by atoms with Crippen LogP contribution < -0.4 is 0 Å². The lowest BCUT2D eigenvalue weighted by molar-refractivity contribution is -0.153. The number of halogens is 1. The molecule has 16 heavy (non-hydrogen) atoms. The van der Waals surface area contributed by atoms with Crippen LogP contribution in [0.4, 0.5) is 0 Å². The van der Waals surface area contributed by atoms with Gasteiger partial charge in [0.05, 0.1) is 12.0 Å². The van der Waals surface area contributed by atoms with Crippen molar-refractivity contribution in [1.29, 1.82) is 0 Å². The molecule has 0 aliphatic heterocycles. The van der Waals surface area contributed by atoms with E-state index in [0.717, 1.165) is 12.8 Å². The topological polar surface area (TPSA) is 46.5 Å². The Labute approximate surface area is 103 Å². The summed E-state index contributed by atoms with van der Waals surface area (Å²) in [5.74, 6) is -0.615. The van der Waals surface area contributed by atoms with Gasteiger partial charge in [0.25, 0.3) is 0 Å². The van der Waals surface area contributed by atoms with Gasteiger partial charge in [-0.05, 0) is 13.3 Å². The Morgan fingerprint density at radius 3 is 2.44 bits per heavy atom. The van der Waals surface area contributed by atoms with Gasteiger partial charge < -0.3 is 9.84 Å². The van der Waals surface area contributed by atoms with E-state index in [1.165, 1.54) is 19.3 Å². The van der Waals surface area contributed by atoms with Crippen molar-refractivity contribution < 1.29 is 14.6 Å². The Morgan fingerprint density at radius 2 is 1.88 bits per heavy atom. The van der Waals surface area contributed by atoms with Gasteiger partial charge in [-0.2, -0.15) is 0 Å². The van der Waals surface area contributed by atoms with E-state index in [-0.39, 0.29) is 6.61 Å². The van der Waals surface area contributed by atoms with Gasteiger partial charge in [0, 0.05) is 0 Å². The number of aliphatic hydroxyl groups excluding tert-OH is 1. The lowest BCUT2D eigenvalue weighted by Gasteiger charge is -2.15. The third-order valence-corrected chi connectivity index (χ3v) is 2.91. The second-order valence-electron chi connectivity index (χ2n) is 3.92. The monoisotopic (exact) mass is 250 g/mol. The summed E-state index contributed by atoms with van der Waals surface area (Å²) in [6.45, 7) is 4.14. The van der Waals surface area contributed by atoms with Crippen LogP contribution in [0.25, 0.3) is 0 Å². The first-order valence-corrected chi connectivity index (χ1v) is 6.55. The minimum Gasteiger partial charge on any atom is -0.464 e. The molecule has 0 aromatic heterocycles. The van der Waals surface area contributed by atoms with E-state index in [4.69, 9.17) is 16.3 Å². The highest BCUT2D eigenvalue weighted by Crippen LogP contribution is 2.15. The molecule has 0 saturated carbocycles. The summed E-state index contributed by atoms with van der Waals surface area (Å²) in [6.07, 6.45) is 5.15. The molecule has 1 N–H and O–H groups in total. The zero-order valence-electron chi connectivity index (χ0n) is 10.2. The highest BCUT2D eigenvalue weighted by atomic mass is 35.5. The highest BCUT2D eigenvalue weighted by Gasteiger charge is 2.24. The molecule has 0 bridgehead atoms. The molecule has 2 atom stereocenters. The first kappa shape index (κ1) is 15.7. The van der Waals surface area contributed by atoms with Crippen molar-refractivity contribution >= 4 is 17.6 Å². The molecular formula is C12H23ClO3. The number of ether oxygens (including phenoxy) is 1. The lowest BCUT2D eigenvalue weighted by atomic mass is 10.1. The average Bonchev–Trinajstić information content (AvgIpc) is 2.27. The fourth-order valence-corrected chi connectivity index (χ4v) is 1.73. The quantitative estimate of drug-likeness (QED) is 0.389. The number of rotatable bonds is 9. The number of alkyl halides is 1. The van der Waals surface area contributed by atoms with Gasteiger partial charge in [0.15, 0.2) is 6.10 Å². The molecule has 0 unspecified atom stereocenters. The number of esters is 1. The van der Waals surface area contributed by atoms with Gasteiger partial charge in [-0.1, -0.05) is 39.0 Å². The smallest absolute Gasteiger partial charge is 0.336 e. The summed E-state index contributed by atoms with van der Waals surface area (Å²) >= 11 is 5.92. The van der Waals surface area contributed by atoms with Gasteiger partial charge in [0.1, 0.15) is 0 Å². The minimum atomic E-state index is -1.19. The molecule has 0 aromatic rings. The van der Waals surface area contributed by atoms with Gasteiger partial charge in [-0.15, -0.1) is 11.6 Å². The van der Waals surface area contributed by atoms with Gasteiger partial charge in [-0.3, -0.25) is 0 Å². The van der Waals surface area contributed by atoms with Crippen LogP contribution >= 0.6 is 11.6 Å². The summed E-state index contributed by atoms with van der Waals surface area (Å²) in [6, 6.07) is 0. The van der Waals surface area contributed by atoms with Crippen molar-refractivity contribution in [2.45, 2.75) is 63.9 Å². The summed E-state index contributed by atoms with van der Waals surface area (Å²) < 4.78 is 4.70. The third kappa shape index (κ3) is 7.07. The maximum Gasteiger partial charge on any atom is 0.336 e. The van der Waals surface area contributed by atoms with Crippen molar-refractivity contribution in [2.24, 2.45) is 0 Å². The maximum atomic E-state index is 11.2. The predicted octanol–water partition coefficient (Wildman–Crippen LogP) is 2.88. The fourth-order valence-electron chi connectivity index (χ4n) is 1.48. The SMILES string of the molecule is CCCCCCC[C@H](Cl)[C@@H](O)C(=O)OCC. The molecule has 0 saturated heterocycles. The molecule has 0 radical (unpaired) electrons. The van der Waals surface area contributed by atoms with Crippen molar-refractivity contribution in [3.05, 3.63) is 0 Å². The number of hydrogen-bond donors (Lipinski definition) is 1. The molecule has 0 aliphatic carbocycles. The summed E-state index contributed by atoms with van der Waals surface area (Å²) in [7, 11) is 0. The minimum absolute atomic E-state index is 0.274. The van der Waals surface area contributed by atoms with Gasteiger partial charge in [-0.25, -0.2) is 4.79 Å². The Morgan fingerprint density at radius 1 is 1.25 bits per heavy atom. The second kappa shape index (κ2) is 9.91. The molecule has 96 valence electrons. The molecule has 0 spiro atoms. The van der Waals surface area contributed by atoms with Gasteiger partial charge >= 0.3 is 5.97 Å². The van der Waals surface area contributed by atoms with E-state index in [1.807, 2.05) is 0 Å². The Hall–Kier alpha value is -0.280. The zero-order valence-corrected chi connectivity index (χ0v) is 11.0. The number of hydrogen-bond acceptors (Lipinski definition) is 3. The van der Waals surface area contributed by atoms with Crippen LogP contribution in [0, 0.1) is 0 Å². The molecule has 3 nitrogen and oxygen atoms in total. The van der Waals surface area contributed by atoms with E-state index in [9.17, 15) is 9.90 Å². The normalized spacial score (nSPS) is 14.5. The molecule has 0 amide bonds. The average molecular weight is 251 g/mol. The fraction of sp³-hybridized carbons (Fsp3) is 0.917. The van der Waals surface area contributed by atoms with E-state index in [1.54, 1.807) is 6.92 Å². The number of carbonyl (C=O) groups excluding carboxylic acids is 1. The summed E-state index contributed by atoms with van der Waals surface area (Å²) in [5, 5.41) is 8.99. The standard InChI is InChI=1S/C12H23ClO3/c1-3-5-6-7-8-9-10(13)11(14)12(15)16-4-2/h10-11,14H,3-9H2,1-2H3/t10-,11+/m0/s1. The molecule has 4 heteroatoms. The summed E-state index contributed by atoms with van der Waals surface area (Å²) in [5.41, 5.74) is 0. The molecule has 0 fully saturated rings. The number of unbranched alkanes of at least 4 members (excludes halogenated alkanes) is 4. The van der Waals surface area contributed by atoms with Crippen LogP contribution in [0.2, 0.25) is 0 Å². The van der Waals surface area contributed by atoms with Crippen LogP contribution in [0.15, 0.2) is 0 Å². The van der Waals surface area contributed by atoms with Crippen LogP contribution in [-0.4, -0.2) is 29.2 Å². The first-order chi connectivity index (χ1) is 7.63. The third-order valence-electron chi connectivity index (χ3n) is 2.45. The largest absolute Gasteiger partial charge is 0.464 e. The van der Waals surface area contributed by atoms with Crippen molar-refractivity contribution in [3.8, 4) is 0 Å². The second-order valence-corrected chi connectivity index (χ2v) is 4.48. The van der Waals surface area contributed by atoms with Crippen molar-refractivity contribution in [3.63, 3.8) is 0 Å². The van der Waals surface area contributed by atoms with Crippen LogP contribution in [-0.2, 0) is 9.53 Å². The van der Waals surface area contributed by atoms with Crippen molar-refractivity contribution in [2.75, 3.05) is 6.61 Å². The zero-order chi connectivity index (χ0) is 12.4. The van der Waals surface area contributed by atoms with E-state index < -0.39 is 17.5 Å². The molecule has 0 aromatic carbocycles. The van der Waals surface area contributed by atoms with Gasteiger partial charge in [0.2, 0.25) is 0 Å². The van der Waals surface area contributed by atoms with E-state index in [0.29, 0.717) is 6.42 Å². The molecule has 0 heterocycles. The Balaban J connectivity index is 3.62. The summed E-state index contributed by atoms with van der Waals surface area (Å²) in [4.78, 5) is 11.2. The molecule has 0 aliphatic rings. The Bertz CT molecular complexity index is 185.